The summed E-state index contributed by atoms with van der Waals surface area (Å²) in [6.45, 7) is -0.0547. The number of aliphatic hydroxyl groups is 1. The van der Waals surface area contributed by atoms with Crippen molar-refractivity contribution < 1.29 is 24.7 Å². The molecule has 0 aliphatic heterocycles. The van der Waals surface area contributed by atoms with E-state index < -0.39 is 22.9 Å². The van der Waals surface area contributed by atoms with Crippen molar-refractivity contribution in [3.8, 4) is 0 Å². The second kappa shape index (κ2) is 6.83. The Labute approximate surface area is 118 Å². The number of nitrogens with zero attached hydrogens (tertiary/aromatic N) is 1. The summed E-state index contributed by atoms with van der Waals surface area (Å²) in [5.74, 6) is -1.95. The molecule has 1 atom stereocenters. The number of aliphatic carboxylic acids is 1. The molecule has 108 valence electrons. The van der Waals surface area contributed by atoms with Crippen LogP contribution in [0.15, 0.2) is 18.2 Å². The number of nitrogens with one attached hydrogen (secondary N) is 1. The Morgan fingerprint density at radius 2 is 2.10 bits per heavy atom. The molecule has 0 spiro atoms. The van der Waals surface area contributed by atoms with Gasteiger partial charge < -0.3 is 15.5 Å². The van der Waals surface area contributed by atoms with Crippen LogP contribution in [0.1, 0.15) is 16.8 Å². The average molecular weight is 303 g/mol. The van der Waals surface area contributed by atoms with Gasteiger partial charge in [0.2, 0.25) is 0 Å². The van der Waals surface area contributed by atoms with Crippen LogP contribution in [-0.4, -0.2) is 39.7 Å². The van der Waals surface area contributed by atoms with Crippen LogP contribution in [0.4, 0.5) is 5.69 Å². The largest absolute Gasteiger partial charge is 0.479 e. The molecule has 0 fully saturated rings. The molecule has 0 saturated carbocycles. The molecule has 0 aliphatic carbocycles. The van der Waals surface area contributed by atoms with E-state index in [1.807, 2.05) is 0 Å². The van der Waals surface area contributed by atoms with Crippen LogP contribution in [-0.2, 0) is 4.79 Å². The fraction of sp³-hybridized carbons (Fsp3) is 0.273. The van der Waals surface area contributed by atoms with Crippen molar-refractivity contribution in [2.24, 2.45) is 0 Å². The molecular formula is C11H11ClN2O6. The minimum Gasteiger partial charge on any atom is -0.479 e. The number of carboxylic acids is 1. The maximum atomic E-state index is 11.7. The molecule has 0 aliphatic rings. The monoisotopic (exact) mass is 302 g/mol. The van der Waals surface area contributed by atoms with Gasteiger partial charge in [0.15, 0.2) is 6.10 Å². The normalized spacial score (nSPS) is 11.7. The molecule has 0 saturated heterocycles. The molecule has 1 aromatic rings. The van der Waals surface area contributed by atoms with Crippen LogP contribution in [0, 0.1) is 10.1 Å². The predicted octanol–water partition coefficient (Wildman–Crippen LogP) is 0.814. The van der Waals surface area contributed by atoms with Gasteiger partial charge in [-0.1, -0.05) is 11.6 Å². The molecule has 3 N–H and O–H groups in total. The van der Waals surface area contributed by atoms with E-state index in [0.717, 1.165) is 12.1 Å². The third-order valence-corrected chi connectivity index (χ3v) is 2.70. The Kier molecular flexibility index (Phi) is 5.42. The number of nitro benzene ring substituents is 1. The Hall–Kier alpha value is -2.19. The lowest BCUT2D eigenvalue weighted by Crippen LogP contribution is -2.30. The molecule has 1 amide bonds. The molecule has 0 aromatic heterocycles. The first-order chi connectivity index (χ1) is 9.32. The SMILES string of the molecule is O=C(NCCC(O)C(=O)O)c1ccc([N+](=O)[O-])c(Cl)c1. The molecule has 1 rings (SSSR count). The highest BCUT2D eigenvalue weighted by atomic mass is 35.5. The number of carbonyl (C=O) groups excluding carboxylic acids is 1. The number of carboxylic acid groups (broad SMARTS) is 1. The van der Waals surface area contributed by atoms with Gasteiger partial charge in [0.05, 0.1) is 4.92 Å². The second-order valence-corrected chi connectivity index (χ2v) is 4.23. The summed E-state index contributed by atoms with van der Waals surface area (Å²) < 4.78 is 0. The zero-order valence-corrected chi connectivity index (χ0v) is 10.8. The lowest BCUT2D eigenvalue weighted by molar-refractivity contribution is -0.384. The number of benzene rings is 1. The molecule has 0 heterocycles. The number of carbonyl (C=O) groups is 2. The lowest BCUT2D eigenvalue weighted by Gasteiger charge is -2.07. The van der Waals surface area contributed by atoms with Crippen LogP contribution in [0.2, 0.25) is 5.02 Å². The summed E-state index contributed by atoms with van der Waals surface area (Å²) in [7, 11) is 0. The van der Waals surface area contributed by atoms with Gasteiger partial charge in [-0.05, 0) is 12.1 Å². The van der Waals surface area contributed by atoms with Crippen molar-refractivity contribution in [3.05, 3.63) is 38.9 Å². The number of halogens is 1. The summed E-state index contributed by atoms with van der Waals surface area (Å²) in [6, 6.07) is 3.47. The predicted molar refractivity (Wildman–Crippen MR) is 68.7 cm³/mol. The maximum absolute atomic E-state index is 11.7. The van der Waals surface area contributed by atoms with Crippen molar-refractivity contribution in [1.82, 2.24) is 5.32 Å². The van der Waals surface area contributed by atoms with Crippen molar-refractivity contribution in [3.63, 3.8) is 0 Å². The van der Waals surface area contributed by atoms with E-state index >= 15 is 0 Å². The minimum absolute atomic E-state index is 0.0547. The van der Waals surface area contributed by atoms with Crippen molar-refractivity contribution in [1.29, 1.82) is 0 Å². The van der Waals surface area contributed by atoms with Crippen molar-refractivity contribution >= 4 is 29.2 Å². The van der Waals surface area contributed by atoms with Crippen LogP contribution in [0.25, 0.3) is 0 Å². The molecule has 20 heavy (non-hydrogen) atoms. The molecule has 0 bridgehead atoms. The van der Waals surface area contributed by atoms with E-state index in [9.17, 15) is 19.7 Å². The Balaban J connectivity index is 2.62. The number of hydrogen-bond acceptors (Lipinski definition) is 5. The zero-order chi connectivity index (χ0) is 15.3. The molecule has 1 unspecified atom stereocenters. The summed E-state index contributed by atoms with van der Waals surface area (Å²) >= 11 is 5.66. The number of aliphatic hydroxyl groups excluding tert-OH is 1. The fourth-order valence-corrected chi connectivity index (χ4v) is 1.59. The first kappa shape index (κ1) is 15.9. The topological polar surface area (TPSA) is 130 Å². The molecule has 8 nitrogen and oxygen atoms in total. The van der Waals surface area contributed by atoms with Gasteiger partial charge in [-0.3, -0.25) is 14.9 Å². The van der Waals surface area contributed by atoms with Crippen LogP contribution >= 0.6 is 11.6 Å². The number of amides is 1. The first-order valence-corrected chi connectivity index (χ1v) is 5.83. The van der Waals surface area contributed by atoms with Crippen LogP contribution < -0.4 is 5.32 Å². The van der Waals surface area contributed by atoms with E-state index in [1.165, 1.54) is 6.07 Å². The highest BCUT2D eigenvalue weighted by molar-refractivity contribution is 6.33. The number of hydrogen-bond donors (Lipinski definition) is 3. The molecule has 0 radical (unpaired) electrons. The molecule has 9 heteroatoms. The summed E-state index contributed by atoms with van der Waals surface area (Å²) in [4.78, 5) is 31.9. The minimum atomic E-state index is -1.56. The highest BCUT2D eigenvalue weighted by Gasteiger charge is 2.16. The highest BCUT2D eigenvalue weighted by Crippen LogP contribution is 2.24. The van der Waals surface area contributed by atoms with Gasteiger partial charge in [0.1, 0.15) is 5.02 Å². The third-order valence-electron chi connectivity index (χ3n) is 2.39. The second-order valence-electron chi connectivity index (χ2n) is 3.82. The molecule has 1 aromatic carbocycles. The Bertz CT molecular complexity index is 548. The quantitative estimate of drug-likeness (QED) is 0.526. The summed E-state index contributed by atoms with van der Waals surface area (Å²) in [5.41, 5.74) is -0.213. The summed E-state index contributed by atoms with van der Waals surface area (Å²) in [5, 5.41) is 30.2. The standard InChI is InChI=1S/C11H11ClN2O6/c12-7-5-6(1-2-8(7)14(19)20)10(16)13-4-3-9(15)11(17)18/h1-2,5,9,15H,3-4H2,(H,13,16)(H,17,18). The lowest BCUT2D eigenvalue weighted by atomic mass is 10.2. The van der Waals surface area contributed by atoms with Gasteiger partial charge in [0, 0.05) is 24.6 Å². The number of rotatable bonds is 6. The smallest absolute Gasteiger partial charge is 0.332 e. The first-order valence-electron chi connectivity index (χ1n) is 5.46. The van der Waals surface area contributed by atoms with Gasteiger partial charge >= 0.3 is 5.97 Å². The zero-order valence-electron chi connectivity index (χ0n) is 10.1. The maximum Gasteiger partial charge on any atom is 0.332 e. The van der Waals surface area contributed by atoms with Gasteiger partial charge in [0.25, 0.3) is 11.6 Å². The Morgan fingerprint density at radius 1 is 1.45 bits per heavy atom. The van der Waals surface area contributed by atoms with Crippen molar-refractivity contribution in [2.45, 2.75) is 12.5 Å². The third kappa shape index (κ3) is 4.18. The summed E-state index contributed by atoms with van der Waals surface area (Å²) in [6.07, 6.45) is -1.71. The van der Waals surface area contributed by atoms with E-state index in [-0.39, 0.29) is 29.2 Å². The Morgan fingerprint density at radius 3 is 2.60 bits per heavy atom. The number of nitro groups is 1. The van der Waals surface area contributed by atoms with E-state index in [0.29, 0.717) is 0 Å². The van der Waals surface area contributed by atoms with Gasteiger partial charge in [-0.25, -0.2) is 4.79 Å². The van der Waals surface area contributed by atoms with E-state index in [4.69, 9.17) is 21.8 Å². The van der Waals surface area contributed by atoms with E-state index in [1.54, 1.807) is 0 Å². The molecular weight excluding hydrogens is 292 g/mol. The van der Waals surface area contributed by atoms with Gasteiger partial charge in [-0.2, -0.15) is 0 Å². The fourth-order valence-electron chi connectivity index (χ4n) is 1.34. The van der Waals surface area contributed by atoms with Gasteiger partial charge in [-0.15, -0.1) is 0 Å². The van der Waals surface area contributed by atoms with Crippen molar-refractivity contribution in [2.75, 3.05) is 6.54 Å². The van der Waals surface area contributed by atoms with Crippen LogP contribution in [0.3, 0.4) is 0 Å². The van der Waals surface area contributed by atoms with E-state index in [2.05, 4.69) is 5.32 Å². The average Bonchev–Trinajstić information content (AvgIpc) is 2.37. The van der Waals surface area contributed by atoms with Crippen LogP contribution in [0.5, 0.6) is 0 Å².